The Kier molecular flexibility index (Phi) is 36.1. The summed E-state index contributed by atoms with van der Waals surface area (Å²) in [6.45, 7) is 5.74. The lowest BCUT2D eigenvalue weighted by molar-refractivity contribution is -0.870. The molecule has 318 valence electrons. The molecule has 0 spiro atoms. The summed E-state index contributed by atoms with van der Waals surface area (Å²) in [5.41, 5.74) is 0. The summed E-state index contributed by atoms with van der Waals surface area (Å²) in [5, 5.41) is 0. The molecule has 54 heavy (non-hydrogen) atoms. The number of ether oxygens (including phenoxy) is 2. The Bertz CT molecular complexity index is 967. The molecule has 0 amide bonds. The van der Waals surface area contributed by atoms with Crippen LogP contribution in [0.4, 0.5) is 0 Å². The molecule has 0 rings (SSSR count). The highest BCUT2D eigenvalue weighted by molar-refractivity contribution is 7.45. The van der Waals surface area contributed by atoms with E-state index in [-0.39, 0.29) is 32.0 Å². The van der Waals surface area contributed by atoms with Crippen LogP contribution >= 0.6 is 7.82 Å². The monoisotopic (exact) mass is 786 g/mol. The minimum Gasteiger partial charge on any atom is -0.756 e. The van der Waals surface area contributed by atoms with Crippen molar-refractivity contribution in [3.8, 4) is 0 Å². The number of hydrogen-bond donors (Lipinski definition) is 0. The normalized spacial score (nSPS) is 13.6. The number of hydrogen-bond acceptors (Lipinski definition) is 8. The molecule has 0 aromatic carbocycles. The van der Waals surface area contributed by atoms with Gasteiger partial charge in [0.25, 0.3) is 7.82 Å². The Hall–Kier alpha value is -1.51. The molecule has 0 saturated heterocycles. The van der Waals surface area contributed by atoms with Gasteiger partial charge >= 0.3 is 11.9 Å². The summed E-state index contributed by atoms with van der Waals surface area (Å²) in [7, 11) is 1.16. The summed E-state index contributed by atoms with van der Waals surface area (Å²) in [4.78, 5) is 37.5. The molecule has 0 radical (unpaired) electrons. The number of quaternary nitrogens is 1. The van der Waals surface area contributed by atoms with E-state index in [2.05, 4.69) is 25.7 Å². The molecular weight excluding hydrogens is 701 g/mol. The molecule has 2 atom stereocenters. The Balaban J connectivity index is 4.33. The summed E-state index contributed by atoms with van der Waals surface area (Å²) in [6.07, 6.45) is 38.0. The second kappa shape index (κ2) is 37.1. The molecule has 0 N–H and O–H groups in total. The van der Waals surface area contributed by atoms with Crippen LogP contribution in [-0.4, -0.2) is 70.0 Å². The minimum absolute atomic E-state index is 0.0308. The minimum atomic E-state index is -4.62. The number of carbonyl (C=O) groups is 2. The fraction of sp³-hybridized carbons (Fsp3) is 0.864. The maximum absolute atomic E-state index is 12.7. The summed E-state index contributed by atoms with van der Waals surface area (Å²) >= 11 is 0. The Morgan fingerprint density at radius 2 is 1.04 bits per heavy atom. The number of carbonyl (C=O) groups excluding carboxylic acids is 2. The zero-order chi connectivity index (χ0) is 40.0. The maximum atomic E-state index is 12.7. The number of esters is 2. The van der Waals surface area contributed by atoms with E-state index in [0.717, 1.165) is 51.4 Å². The fourth-order valence-electron chi connectivity index (χ4n) is 6.10. The largest absolute Gasteiger partial charge is 0.756 e. The maximum Gasteiger partial charge on any atom is 0.306 e. The van der Waals surface area contributed by atoms with Crippen molar-refractivity contribution in [1.29, 1.82) is 0 Å². The van der Waals surface area contributed by atoms with Crippen LogP contribution in [0.2, 0.25) is 0 Å². The third kappa shape index (κ3) is 40.2. The highest BCUT2D eigenvalue weighted by Gasteiger charge is 2.21. The quantitative estimate of drug-likeness (QED) is 0.0198. The molecule has 1 unspecified atom stereocenters. The van der Waals surface area contributed by atoms with Crippen molar-refractivity contribution in [2.24, 2.45) is 0 Å². The van der Waals surface area contributed by atoms with Gasteiger partial charge in [0.1, 0.15) is 19.8 Å². The molecule has 0 heterocycles. The van der Waals surface area contributed by atoms with Crippen molar-refractivity contribution < 1.29 is 42.1 Å². The zero-order valence-electron chi connectivity index (χ0n) is 35.5. The lowest BCUT2D eigenvalue weighted by Crippen LogP contribution is -2.37. The Morgan fingerprint density at radius 3 is 1.50 bits per heavy atom. The molecule has 0 bridgehead atoms. The van der Waals surface area contributed by atoms with Crippen LogP contribution < -0.4 is 4.89 Å². The number of nitrogens with zero attached hydrogens (tertiary/aromatic N) is 1. The Labute approximate surface area is 332 Å². The van der Waals surface area contributed by atoms with Crippen LogP contribution in [0.1, 0.15) is 193 Å². The smallest absolute Gasteiger partial charge is 0.306 e. The number of phosphoric acid groups is 1. The van der Waals surface area contributed by atoms with Gasteiger partial charge in [0.05, 0.1) is 27.7 Å². The number of phosphoric ester groups is 1. The van der Waals surface area contributed by atoms with Crippen LogP contribution in [0.15, 0.2) is 24.8 Å². The molecule has 0 aromatic rings. The lowest BCUT2D eigenvalue weighted by Gasteiger charge is -2.28. The van der Waals surface area contributed by atoms with Crippen LogP contribution in [0, 0.1) is 0 Å². The fourth-order valence-corrected chi connectivity index (χ4v) is 6.83. The van der Waals surface area contributed by atoms with E-state index < -0.39 is 26.5 Å². The van der Waals surface area contributed by atoms with Gasteiger partial charge in [-0.15, -0.1) is 6.58 Å². The lowest BCUT2D eigenvalue weighted by atomic mass is 10.0. The Morgan fingerprint density at radius 1 is 0.611 bits per heavy atom. The second-order valence-corrected chi connectivity index (χ2v) is 17.6. The van der Waals surface area contributed by atoms with Crippen molar-refractivity contribution in [1.82, 2.24) is 0 Å². The van der Waals surface area contributed by atoms with E-state index in [1.165, 1.54) is 116 Å². The van der Waals surface area contributed by atoms with Crippen LogP contribution in [-0.2, 0) is 32.7 Å². The molecule has 10 heteroatoms. The van der Waals surface area contributed by atoms with Crippen molar-refractivity contribution in [2.45, 2.75) is 199 Å². The van der Waals surface area contributed by atoms with Crippen molar-refractivity contribution in [3.05, 3.63) is 24.8 Å². The van der Waals surface area contributed by atoms with Gasteiger partial charge in [-0.25, -0.2) is 0 Å². The zero-order valence-corrected chi connectivity index (χ0v) is 36.4. The molecule has 9 nitrogen and oxygen atoms in total. The van der Waals surface area contributed by atoms with Gasteiger partial charge in [-0.05, 0) is 51.4 Å². The van der Waals surface area contributed by atoms with E-state index in [1.54, 1.807) is 0 Å². The summed E-state index contributed by atoms with van der Waals surface area (Å²) in [6, 6.07) is 0. The summed E-state index contributed by atoms with van der Waals surface area (Å²) in [5.74, 6) is -0.837. The number of rotatable bonds is 41. The highest BCUT2D eigenvalue weighted by Crippen LogP contribution is 2.38. The highest BCUT2D eigenvalue weighted by atomic mass is 31.2. The van der Waals surface area contributed by atoms with Crippen LogP contribution in [0.25, 0.3) is 0 Å². The van der Waals surface area contributed by atoms with E-state index in [1.807, 2.05) is 27.2 Å². The standard InChI is InChI=1S/C44H84NO8P/c1-6-8-10-12-14-16-18-20-22-24-26-28-30-32-34-36-43(46)50-40-42(41-52-54(48,49)51-39-38-45(3,4)5)53-44(47)37-35-33-31-29-27-25-23-21-19-17-15-13-11-9-7-2/h6,17,19,42H,1,7-16,18,20-41H2,2-5H3/b19-17+/t42-/m1/s1. The SMILES string of the molecule is C=CCCCCCCCCCCCCCCCC(=O)OC[C@H](COP(=O)([O-])OCC[N+](C)(C)C)OC(=O)CCCCCCCCC/C=C/CCCCCC. The molecule has 0 aliphatic rings. The van der Waals surface area contributed by atoms with Gasteiger partial charge in [0.15, 0.2) is 6.10 Å². The van der Waals surface area contributed by atoms with Gasteiger partial charge in [0.2, 0.25) is 0 Å². The molecule has 0 fully saturated rings. The first kappa shape index (κ1) is 52.5. The second-order valence-electron chi connectivity index (χ2n) is 16.1. The predicted octanol–water partition coefficient (Wildman–Crippen LogP) is 11.7. The molecule has 0 saturated carbocycles. The van der Waals surface area contributed by atoms with E-state index in [4.69, 9.17) is 18.5 Å². The average molecular weight is 786 g/mol. The van der Waals surface area contributed by atoms with Gasteiger partial charge < -0.3 is 27.9 Å². The molecule has 0 aliphatic carbocycles. The van der Waals surface area contributed by atoms with E-state index in [9.17, 15) is 19.0 Å². The van der Waals surface area contributed by atoms with Gasteiger partial charge in [-0.2, -0.15) is 0 Å². The van der Waals surface area contributed by atoms with Crippen LogP contribution in [0.3, 0.4) is 0 Å². The first-order valence-corrected chi connectivity index (χ1v) is 23.5. The third-order valence-electron chi connectivity index (χ3n) is 9.59. The van der Waals surface area contributed by atoms with Crippen LogP contribution in [0.5, 0.6) is 0 Å². The van der Waals surface area contributed by atoms with Gasteiger partial charge in [-0.1, -0.05) is 147 Å². The topological polar surface area (TPSA) is 111 Å². The first-order valence-electron chi connectivity index (χ1n) is 22.0. The summed E-state index contributed by atoms with van der Waals surface area (Å²) < 4.78 is 33.9. The van der Waals surface area contributed by atoms with Crippen molar-refractivity contribution in [3.63, 3.8) is 0 Å². The van der Waals surface area contributed by atoms with E-state index in [0.29, 0.717) is 17.4 Å². The molecule has 0 aliphatic heterocycles. The van der Waals surface area contributed by atoms with Gasteiger partial charge in [-0.3, -0.25) is 14.2 Å². The number of unbranched alkanes of at least 4 members (excludes halogenated alkanes) is 24. The third-order valence-corrected chi connectivity index (χ3v) is 10.6. The molecular formula is C44H84NO8P. The van der Waals surface area contributed by atoms with Gasteiger partial charge in [0, 0.05) is 12.8 Å². The predicted molar refractivity (Wildman–Crippen MR) is 222 cm³/mol. The number of allylic oxidation sites excluding steroid dienone is 3. The molecule has 0 aromatic heterocycles. The van der Waals surface area contributed by atoms with E-state index >= 15 is 0 Å². The number of likely N-dealkylation sites (N-methyl/N-ethyl adjacent to an activating group) is 1. The van der Waals surface area contributed by atoms with Crippen molar-refractivity contribution in [2.75, 3.05) is 47.5 Å². The average Bonchev–Trinajstić information content (AvgIpc) is 3.12. The van der Waals surface area contributed by atoms with Crippen molar-refractivity contribution >= 4 is 19.8 Å². The first-order chi connectivity index (χ1) is 26.0.